The van der Waals surface area contributed by atoms with E-state index in [0.717, 1.165) is 18.7 Å². The van der Waals surface area contributed by atoms with Crippen molar-refractivity contribution in [2.75, 3.05) is 25.5 Å². The lowest BCUT2D eigenvalue weighted by atomic mass is 9.95. The maximum atomic E-state index is 12.7. The SMILES string of the molecule is COC(=O)c1cccc(NC(=O)C2CCN(Cc3nc(-c4ccccc4Cl)no3)CC2)c1. The zero-order chi connectivity index (χ0) is 22.5. The van der Waals surface area contributed by atoms with Crippen molar-refractivity contribution in [2.45, 2.75) is 19.4 Å². The highest BCUT2D eigenvalue weighted by Gasteiger charge is 2.26. The number of nitrogens with zero attached hydrogens (tertiary/aromatic N) is 3. The molecule has 0 bridgehead atoms. The summed E-state index contributed by atoms with van der Waals surface area (Å²) in [5.74, 6) is 0.393. The zero-order valence-corrected chi connectivity index (χ0v) is 18.3. The minimum absolute atomic E-state index is 0.0505. The first-order valence-corrected chi connectivity index (χ1v) is 10.7. The second kappa shape index (κ2) is 9.93. The standard InChI is InChI=1S/C23H23ClN4O4/c1-31-23(30)16-5-4-6-17(13-16)25-22(29)15-9-11-28(12-10-15)14-20-26-21(27-32-20)18-7-2-3-8-19(18)24/h2-8,13,15H,9-12,14H2,1H3,(H,25,29). The third kappa shape index (κ3) is 5.15. The molecular weight excluding hydrogens is 432 g/mol. The van der Waals surface area contributed by atoms with E-state index >= 15 is 0 Å². The molecule has 0 radical (unpaired) electrons. The van der Waals surface area contributed by atoms with Crippen LogP contribution in [0.1, 0.15) is 29.1 Å². The Hall–Kier alpha value is -3.23. The first-order valence-electron chi connectivity index (χ1n) is 10.3. The van der Waals surface area contributed by atoms with Gasteiger partial charge in [-0.3, -0.25) is 9.69 Å². The summed E-state index contributed by atoms with van der Waals surface area (Å²) >= 11 is 6.20. The highest BCUT2D eigenvalue weighted by Crippen LogP contribution is 2.26. The number of benzene rings is 2. The molecule has 3 aromatic rings. The Kier molecular flexibility index (Phi) is 6.82. The summed E-state index contributed by atoms with van der Waals surface area (Å²) in [6.45, 7) is 2.00. The normalized spacial score (nSPS) is 14.8. The van der Waals surface area contributed by atoms with E-state index in [4.69, 9.17) is 20.9 Å². The summed E-state index contributed by atoms with van der Waals surface area (Å²) in [5, 5.41) is 7.51. The van der Waals surface area contributed by atoms with Crippen LogP contribution in [0, 0.1) is 5.92 Å². The van der Waals surface area contributed by atoms with Crippen LogP contribution in [-0.2, 0) is 16.1 Å². The number of likely N-dealkylation sites (tertiary alicyclic amines) is 1. The van der Waals surface area contributed by atoms with Crippen LogP contribution in [-0.4, -0.2) is 47.1 Å². The summed E-state index contributed by atoms with van der Waals surface area (Å²) in [6.07, 6.45) is 1.43. The number of anilines is 1. The quantitative estimate of drug-likeness (QED) is 0.561. The van der Waals surface area contributed by atoms with Gasteiger partial charge in [-0.25, -0.2) is 4.79 Å². The topological polar surface area (TPSA) is 97.6 Å². The highest BCUT2D eigenvalue weighted by atomic mass is 35.5. The van der Waals surface area contributed by atoms with Gasteiger partial charge in [0.2, 0.25) is 17.6 Å². The Balaban J connectivity index is 1.30. The highest BCUT2D eigenvalue weighted by molar-refractivity contribution is 6.33. The van der Waals surface area contributed by atoms with Crippen LogP contribution < -0.4 is 5.32 Å². The van der Waals surface area contributed by atoms with Crippen molar-refractivity contribution in [1.29, 1.82) is 0 Å². The number of piperidine rings is 1. The van der Waals surface area contributed by atoms with E-state index in [1.165, 1.54) is 7.11 Å². The molecule has 1 aliphatic heterocycles. The third-order valence-corrected chi connectivity index (χ3v) is 5.78. The van der Waals surface area contributed by atoms with E-state index in [1.54, 1.807) is 30.3 Å². The number of esters is 1. The van der Waals surface area contributed by atoms with E-state index in [9.17, 15) is 9.59 Å². The second-order valence-electron chi connectivity index (χ2n) is 7.60. The fourth-order valence-electron chi connectivity index (χ4n) is 3.70. The maximum Gasteiger partial charge on any atom is 0.337 e. The average Bonchev–Trinajstić information content (AvgIpc) is 3.27. The largest absolute Gasteiger partial charge is 0.465 e. The molecule has 8 nitrogen and oxygen atoms in total. The van der Waals surface area contributed by atoms with Crippen molar-refractivity contribution in [3.05, 3.63) is 65.0 Å². The number of rotatable bonds is 6. The number of amides is 1. The van der Waals surface area contributed by atoms with Crippen molar-refractivity contribution in [3.63, 3.8) is 0 Å². The van der Waals surface area contributed by atoms with Crippen LogP contribution in [0.5, 0.6) is 0 Å². The first kappa shape index (κ1) is 22.0. The molecule has 0 atom stereocenters. The Labute approximate surface area is 190 Å². The molecule has 0 spiro atoms. The number of aromatic nitrogens is 2. The number of nitrogens with one attached hydrogen (secondary N) is 1. The van der Waals surface area contributed by atoms with Gasteiger partial charge in [-0.1, -0.05) is 35.0 Å². The van der Waals surface area contributed by atoms with Gasteiger partial charge >= 0.3 is 5.97 Å². The molecule has 9 heteroatoms. The van der Waals surface area contributed by atoms with Crippen LogP contribution in [0.15, 0.2) is 53.1 Å². The van der Waals surface area contributed by atoms with Gasteiger partial charge in [0.25, 0.3) is 0 Å². The lowest BCUT2D eigenvalue weighted by Gasteiger charge is -2.30. The summed E-state index contributed by atoms with van der Waals surface area (Å²) in [4.78, 5) is 31.0. The predicted molar refractivity (Wildman–Crippen MR) is 119 cm³/mol. The number of hydrogen-bond acceptors (Lipinski definition) is 7. The van der Waals surface area contributed by atoms with Crippen molar-refractivity contribution in [1.82, 2.24) is 15.0 Å². The molecule has 1 aromatic heterocycles. The molecule has 166 valence electrons. The van der Waals surface area contributed by atoms with Gasteiger partial charge in [0, 0.05) is 17.2 Å². The van der Waals surface area contributed by atoms with Crippen LogP contribution in [0.2, 0.25) is 5.02 Å². The van der Waals surface area contributed by atoms with Crippen LogP contribution in [0.3, 0.4) is 0 Å². The zero-order valence-electron chi connectivity index (χ0n) is 17.6. The number of carbonyl (C=O) groups is 2. The molecule has 0 aliphatic carbocycles. The molecule has 1 aliphatic rings. The Bertz CT molecular complexity index is 1110. The number of halogens is 1. The first-order chi connectivity index (χ1) is 15.5. The number of carbonyl (C=O) groups excluding carboxylic acids is 2. The number of hydrogen-bond donors (Lipinski definition) is 1. The molecule has 2 heterocycles. The fourth-order valence-corrected chi connectivity index (χ4v) is 3.92. The Morgan fingerprint density at radius 2 is 1.97 bits per heavy atom. The van der Waals surface area contributed by atoms with Crippen LogP contribution in [0.4, 0.5) is 5.69 Å². The van der Waals surface area contributed by atoms with Gasteiger partial charge in [0.05, 0.1) is 24.2 Å². The summed E-state index contributed by atoms with van der Waals surface area (Å²) < 4.78 is 10.1. The van der Waals surface area contributed by atoms with Crippen molar-refractivity contribution in [3.8, 4) is 11.4 Å². The lowest BCUT2D eigenvalue weighted by molar-refractivity contribution is -0.121. The monoisotopic (exact) mass is 454 g/mol. The molecule has 2 aromatic carbocycles. The van der Waals surface area contributed by atoms with Gasteiger partial charge in [0.15, 0.2) is 0 Å². The molecule has 0 saturated carbocycles. The van der Waals surface area contributed by atoms with E-state index in [0.29, 0.717) is 47.4 Å². The van der Waals surface area contributed by atoms with Gasteiger partial charge in [-0.2, -0.15) is 4.98 Å². The Morgan fingerprint density at radius 3 is 2.72 bits per heavy atom. The van der Waals surface area contributed by atoms with Gasteiger partial charge in [-0.05, 0) is 56.3 Å². The molecule has 0 unspecified atom stereocenters. The summed E-state index contributed by atoms with van der Waals surface area (Å²) in [7, 11) is 1.33. The van der Waals surface area contributed by atoms with E-state index in [2.05, 4.69) is 20.4 Å². The maximum absolute atomic E-state index is 12.7. The lowest BCUT2D eigenvalue weighted by Crippen LogP contribution is -2.37. The average molecular weight is 455 g/mol. The predicted octanol–water partition coefficient (Wildman–Crippen LogP) is 4.03. The van der Waals surface area contributed by atoms with Crippen molar-refractivity contribution in [2.24, 2.45) is 5.92 Å². The van der Waals surface area contributed by atoms with Crippen LogP contribution >= 0.6 is 11.6 Å². The van der Waals surface area contributed by atoms with Gasteiger partial charge in [0.1, 0.15) is 0 Å². The molecule has 1 amide bonds. The molecule has 1 fully saturated rings. The van der Waals surface area contributed by atoms with Crippen molar-refractivity contribution >= 4 is 29.2 Å². The smallest absolute Gasteiger partial charge is 0.337 e. The number of ether oxygens (including phenoxy) is 1. The van der Waals surface area contributed by atoms with E-state index < -0.39 is 5.97 Å². The van der Waals surface area contributed by atoms with E-state index in [1.807, 2.05) is 18.2 Å². The minimum Gasteiger partial charge on any atom is -0.465 e. The molecular formula is C23H23ClN4O4. The minimum atomic E-state index is -0.437. The summed E-state index contributed by atoms with van der Waals surface area (Å²) in [6, 6.07) is 14.1. The fraction of sp³-hybridized carbons (Fsp3) is 0.304. The van der Waals surface area contributed by atoms with E-state index in [-0.39, 0.29) is 11.8 Å². The molecule has 4 rings (SSSR count). The summed E-state index contributed by atoms with van der Waals surface area (Å²) in [5.41, 5.74) is 1.71. The third-order valence-electron chi connectivity index (χ3n) is 5.45. The van der Waals surface area contributed by atoms with Gasteiger partial charge in [-0.15, -0.1) is 0 Å². The second-order valence-corrected chi connectivity index (χ2v) is 8.01. The van der Waals surface area contributed by atoms with Crippen molar-refractivity contribution < 1.29 is 18.8 Å². The molecule has 1 saturated heterocycles. The molecule has 1 N–H and O–H groups in total. The Morgan fingerprint density at radius 1 is 1.19 bits per heavy atom. The molecule has 32 heavy (non-hydrogen) atoms. The number of methoxy groups -OCH3 is 1. The van der Waals surface area contributed by atoms with Crippen LogP contribution in [0.25, 0.3) is 11.4 Å². The van der Waals surface area contributed by atoms with Gasteiger partial charge < -0.3 is 14.6 Å².